The van der Waals surface area contributed by atoms with Crippen LogP contribution in [0.3, 0.4) is 0 Å². The molecule has 0 heterocycles. The minimum atomic E-state index is -0.145. The molecule has 0 aliphatic carbocycles. The van der Waals surface area contributed by atoms with Gasteiger partial charge in [-0.25, -0.2) is 0 Å². The van der Waals surface area contributed by atoms with Gasteiger partial charge in [-0.15, -0.1) is 0 Å². The minimum absolute atomic E-state index is 0.145. The van der Waals surface area contributed by atoms with E-state index >= 15 is 0 Å². The number of methoxy groups -OCH3 is 1. The summed E-state index contributed by atoms with van der Waals surface area (Å²) in [6, 6.07) is 0. The molecule has 0 spiro atoms. The molecule has 0 rings (SSSR count). The first-order valence-corrected chi connectivity index (χ1v) is 6.70. The van der Waals surface area contributed by atoms with Gasteiger partial charge in [0.25, 0.3) is 0 Å². The lowest BCUT2D eigenvalue weighted by Gasteiger charge is -2.24. The van der Waals surface area contributed by atoms with Gasteiger partial charge >= 0.3 is 0 Å². The molecule has 1 unspecified atom stereocenters. The van der Waals surface area contributed by atoms with Crippen molar-refractivity contribution in [1.82, 2.24) is 4.90 Å². The Morgan fingerprint density at radius 2 is 1.76 bits per heavy atom. The van der Waals surface area contributed by atoms with Crippen molar-refractivity contribution in [3.8, 4) is 0 Å². The molecule has 0 saturated carbocycles. The molecule has 1 amide bonds. The van der Waals surface area contributed by atoms with Gasteiger partial charge in [0.1, 0.15) is 0 Å². The first-order chi connectivity index (χ1) is 8.19. The molecule has 0 fully saturated rings. The van der Waals surface area contributed by atoms with E-state index in [-0.39, 0.29) is 12.0 Å². The standard InChI is InChI=1S/C13H28N2O2/c1-4-6-8-15(9-7-5-2)13(16)10-12(11-14)17-3/h12H,4-11,14H2,1-3H3. The smallest absolute Gasteiger partial charge is 0.225 e. The minimum Gasteiger partial charge on any atom is -0.380 e. The number of nitrogens with zero attached hydrogens (tertiary/aromatic N) is 1. The fourth-order valence-electron chi connectivity index (χ4n) is 1.65. The van der Waals surface area contributed by atoms with Gasteiger partial charge in [-0.2, -0.15) is 0 Å². The molecule has 17 heavy (non-hydrogen) atoms. The van der Waals surface area contributed by atoms with E-state index in [1.165, 1.54) is 0 Å². The lowest BCUT2D eigenvalue weighted by atomic mass is 10.2. The van der Waals surface area contributed by atoms with E-state index in [0.717, 1.165) is 38.8 Å². The third kappa shape index (κ3) is 7.34. The SMILES string of the molecule is CCCCN(CCCC)C(=O)CC(CN)OC. The Kier molecular flexibility index (Phi) is 10.2. The van der Waals surface area contributed by atoms with Crippen LogP contribution in [0.4, 0.5) is 0 Å². The van der Waals surface area contributed by atoms with Crippen molar-refractivity contribution in [2.24, 2.45) is 5.73 Å². The third-order valence-electron chi connectivity index (χ3n) is 2.91. The second-order valence-electron chi connectivity index (χ2n) is 4.39. The number of ether oxygens (including phenoxy) is 1. The number of amides is 1. The fraction of sp³-hybridized carbons (Fsp3) is 0.923. The molecule has 1 atom stereocenters. The summed E-state index contributed by atoms with van der Waals surface area (Å²) in [7, 11) is 1.60. The van der Waals surface area contributed by atoms with Gasteiger partial charge in [0.05, 0.1) is 12.5 Å². The molecular weight excluding hydrogens is 216 g/mol. The number of unbranched alkanes of at least 4 members (excludes halogenated alkanes) is 2. The monoisotopic (exact) mass is 244 g/mol. The van der Waals surface area contributed by atoms with Crippen molar-refractivity contribution in [3.63, 3.8) is 0 Å². The van der Waals surface area contributed by atoms with E-state index in [4.69, 9.17) is 10.5 Å². The second-order valence-corrected chi connectivity index (χ2v) is 4.39. The topological polar surface area (TPSA) is 55.6 Å². The second kappa shape index (κ2) is 10.5. The van der Waals surface area contributed by atoms with Crippen molar-refractivity contribution in [2.75, 3.05) is 26.7 Å². The van der Waals surface area contributed by atoms with Crippen LogP contribution in [0.1, 0.15) is 46.0 Å². The average Bonchev–Trinajstić information content (AvgIpc) is 2.35. The van der Waals surface area contributed by atoms with Crippen LogP contribution < -0.4 is 5.73 Å². The molecule has 0 aliphatic rings. The maximum absolute atomic E-state index is 12.1. The van der Waals surface area contributed by atoms with Crippen LogP contribution in [-0.2, 0) is 9.53 Å². The molecule has 4 heteroatoms. The molecule has 0 bridgehead atoms. The summed E-state index contributed by atoms with van der Waals surface area (Å²) in [5.74, 6) is 0.171. The Bertz CT molecular complexity index is 186. The molecule has 0 saturated heterocycles. The quantitative estimate of drug-likeness (QED) is 0.637. The Morgan fingerprint density at radius 1 is 1.24 bits per heavy atom. The highest BCUT2D eigenvalue weighted by Crippen LogP contribution is 2.05. The van der Waals surface area contributed by atoms with Crippen molar-refractivity contribution in [1.29, 1.82) is 0 Å². The van der Waals surface area contributed by atoms with Gasteiger partial charge in [-0.05, 0) is 12.8 Å². The summed E-state index contributed by atoms with van der Waals surface area (Å²) in [5, 5.41) is 0. The van der Waals surface area contributed by atoms with Crippen LogP contribution in [0.25, 0.3) is 0 Å². The highest BCUT2D eigenvalue weighted by Gasteiger charge is 2.17. The van der Waals surface area contributed by atoms with Gasteiger partial charge in [-0.3, -0.25) is 4.79 Å². The number of hydrogen-bond acceptors (Lipinski definition) is 3. The Morgan fingerprint density at radius 3 is 2.12 bits per heavy atom. The van der Waals surface area contributed by atoms with Crippen LogP contribution in [0.15, 0.2) is 0 Å². The Labute approximate surface area is 105 Å². The van der Waals surface area contributed by atoms with E-state index in [2.05, 4.69) is 13.8 Å². The van der Waals surface area contributed by atoms with Crippen LogP contribution in [0.5, 0.6) is 0 Å². The van der Waals surface area contributed by atoms with Crippen molar-refractivity contribution in [3.05, 3.63) is 0 Å². The summed E-state index contributed by atoms with van der Waals surface area (Å²) in [6.07, 6.45) is 4.61. The summed E-state index contributed by atoms with van der Waals surface area (Å²) >= 11 is 0. The zero-order valence-corrected chi connectivity index (χ0v) is 11.6. The maximum atomic E-state index is 12.1. The zero-order chi connectivity index (χ0) is 13.1. The molecule has 2 N–H and O–H groups in total. The van der Waals surface area contributed by atoms with Crippen molar-refractivity contribution < 1.29 is 9.53 Å². The molecule has 0 aromatic heterocycles. The van der Waals surface area contributed by atoms with Gasteiger partial charge in [0, 0.05) is 26.7 Å². The van der Waals surface area contributed by atoms with E-state index < -0.39 is 0 Å². The van der Waals surface area contributed by atoms with Crippen molar-refractivity contribution in [2.45, 2.75) is 52.1 Å². The number of carbonyl (C=O) groups is 1. The molecular formula is C13H28N2O2. The average molecular weight is 244 g/mol. The van der Waals surface area contributed by atoms with Gasteiger partial charge in [-0.1, -0.05) is 26.7 Å². The van der Waals surface area contributed by atoms with E-state index in [0.29, 0.717) is 13.0 Å². The number of rotatable bonds is 10. The molecule has 4 nitrogen and oxygen atoms in total. The van der Waals surface area contributed by atoms with Crippen LogP contribution in [0.2, 0.25) is 0 Å². The largest absolute Gasteiger partial charge is 0.380 e. The van der Waals surface area contributed by atoms with Crippen molar-refractivity contribution >= 4 is 5.91 Å². The number of carbonyl (C=O) groups excluding carboxylic acids is 1. The van der Waals surface area contributed by atoms with Gasteiger partial charge in [0.15, 0.2) is 0 Å². The zero-order valence-electron chi connectivity index (χ0n) is 11.6. The summed E-state index contributed by atoms with van der Waals surface area (Å²) in [4.78, 5) is 14.0. The number of hydrogen-bond donors (Lipinski definition) is 1. The molecule has 0 aliphatic heterocycles. The highest BCUT2D eigenvalue weighted by molar-refractivity contribution is 5.76. The summed E-state index contributed by atoms with van der Waals surface area (Å²) in [5.41, 5.74) is 5.54. The Balaban J connectivity index is 4.19. The van der Waals surface area contributed by atoms with Crippen LogP contribution in [-0.4, -0.2) is 43.7 Å². The van der Waals surface area contributed by atoms with E-state index in [1.807, 2.05) is 4.90 Å². The lowest BCUT2D eigenvalue weighted by molar-refractivity contribution is -0.133. The van der Waals surface area contributed by atoms with E-state index in [9.17, 15) is 4.79 Å². The van der Waals surface area contributed by atoms with E-state index in [1.54, 1.807) is 7.11 Å². The fourth-order valence-corrected chi connectivity index (χ4v) is 1.65. The normalized spacial score (nSPS) is 12.5. The predicted molar refractivity (Wildman–Crippen MR) is 70.9 cm³/mol. The summed E-state index contributed by atoms with van der Waals surface area (Å²) in [6.45, 7) is 6.39. The molecule has 0 aromatic rings. The molecule has 102 valence electrons. The van der Waals surface area contributed by atoms with Crippen LogP contribution in [0, 0.1) is 0 Å². The predicted octanol–water partition coefficient (Wildman–Crippen LogP) is 1.78. The first kappa shape index (κ1) is 16.4. The maximum Gasteiger partial charge on any atom is 0.225 e. The number of nitrogens with two attached hydrogens (primary N) is 1. The van der Waals surface area contributed by atoms with Gasteiger partial charge < -0.3 is 15.4 Å². The molecule has 0 radical (unpaired) electrons. The lowest BCUT2D eigenvalue weighted by Crippen LogP contribution is -2.37. The third-order valence-corrected chi connectivity index (χ3v) is 2.91. The molecule has 0 aromatic carbocycles. The highest BCUT2D eigenvalue weighted by atomic mass is 16.5. The van der Waals surface area contributed by atoms with Gasteiger partial charge in [0.2, 0.25) is 5.91 Å². The first-order valence-electron chi connectivity index (χ1n) is 6.70. The van der Waals surface area contributed by atoms with Crippen LogP contribution >= 0.6 is 0 Å². The Hall–Kier alpha value is -0.610. The summed E-state index contributed by atoms with van der Waals surface area (Å²) < 4.78 is 5.16.